The van der Waals surface area contributed by atoms with Crippen molar-refractivity contribution in [2.45, 2.75) is 6.61 Å². The zero-order valence-electron chi connectivity index (χ0n) is 12.2. The molecule has 0 saturated carbocycles. The molecule has 7 heteroatoms. The predicted molar refractivity (Wildman–Crippen MR) is 90.3 cm³/mol. The highest BCUT2D eigenvalue weighted by Gasteiger charge is 2.30. The molecule has 5 nitrogen and oxygen atoms in total. The fourth-order valence-electron chi connectivity index (χ4n) is 2.80. The number of ether oxygens (including phenoxy) is 1. The summed E-state index contributed by atoms with van der Waals surface area (Å²) in [5.41, 5.74) is 2.46. The third kappa shape index (κ3) is 2.25. The van der Waals surface area contributed by atoms with E-state index in [2.05, 4.69) is 5.10 Å². The molecule has 1 aliphatic rings. The lowest BCUT2D eigenvalue weighted by atomic mass is 10.0. The molecule has 0 amide bonds. The van der Waals surface area contributed by atoms with Crippen molar-refractivity contribution >= 4 is 29.2 Å². The first-order valence-electron chi connectivity index (χ1n) is 7.09. The molecule has 1 aliphatic heterocycles. The molecule has 0 radical (unpaired) electrons. The fourth-order valence-corrected chi connectivity index (χ4v) is 3.29. The van der Waals surface area contributed by atoms with Crippen LogP contribution in [-0.4, -0.2) is 20.9 Å². The molecule has 1 aromatic heterocycles. The normalized spacial score (nSPS) is 12.2. The lowest BCUT2D eigenvalue weighted by Crippen LogP contribution is -2.09. The SMILES string of the molecule is O=C(O)c1nn(-c2ccc(Cl)cc2Cl)c2c1COc1ccccc1-2. The summed E-state index contributed by atoms with van der Waals surface area (Å²) < 4.78 is 7.21. The van der Waals surface area contributed by atoms with Crippen LogP contribution in [0.5, 0.6) is 5.75 Å². The number of aromatic carboxylic acids is 1. The maximum absolute atomic E-state index is 11.6. The summed E-state index contributed by atoms with van der Waals surface area (Å²) in [6.45, 7) is 0.138. The van der Waals surface area contributed by atoms with E-state index in [1.54, 1.807) is 22.9 Å². The van der Waals surface area contributed by atoms with Crippen LogP contribution < -0.4 is 4.74 Å². The van der Waals surface area contributed by atoms with Gasteiger partial charge in [-0.05, 0) is 30.3 Å². The summed E-state index contributed by atoms with van der Waals surface area (Å²) in [6.07, 6.45) is 0. The highest BCUT2D eigenvalue weighted by atomic mass is 35.5. The smallest absolute Gasteiger partial charge is 0.356 e. The van der Waals surface area contributed by atoms with Gasteiger partial charge in [0.05, 0.1) is 22.0 Å². The van der Waals surface area contributed by atoms with Crippen LogP contribution in [0.1, 0.15) is 16.1 Å². The second-order valence-corrected chi connectivity index (χ2v) is 6.12. The van der Waals surface area contributed by atoms with Gasteiger partial charge >= 0.3 is 5.97 Å². The van der Waals surface area contributed by atoms with Crippen LogP contribution in [0.25, 0.3) is 16.9 Å². The van der Waals surface area contributed by atoms with E-state index in [4.69, 9.17) is 27.9 Å². The van der Waals surface area contributed by atoms with E-state index in [-0.39, 0.29) is 12.3 Å². The molecule has 120 valence electrons. The van der Waals surface area contributed by atoms with Crippen LogP contribution in [0.15, 0.2) is 42.5 Å². The largest absolute Gasteiger partial charge is 0.488 e. The van der Waals surface area contributed by atoms with Crippen molar-refractivity contribution in [2.24, 2.45) is 0 Å². The summed E-state index contributed by atoms with van der Waals surface area (Å²) in [5.74, 6) is -0.439. The van der Waals surface area contributed by atoms with Crippen molar-refractivity contribution in [1.29, 1.82) is 0 Å². The number of aromatic nitrogens is 2. The second-order valence-electron chi connectivity index (χ2n) is 5.27. The van der Waals surface area contributed by atoms with Gasteiger partial charge in [0.2, 0.25) is 0 Å². The van der Waals surface area contributed by atoms with Crippen LogP contribution in [0, 0.1) is 0 Å². The number of halogens is 2. The summed E-state index contributed by atoms with van der Waals surface area (Å²) in [7, 11) is 0. The molecule has 0 saturated heterocycles. The third-order valence-electron chi connectivity index (χ3n) is 3.84. The average molecular weight is 361 g/mol. The molecule has 2 aromatic carbocycles. The quantitative estimate of drug-likeness (QED) is 0.733. The Morgan fingerprint density at radius 2 is 2.00 bits per heavy atom. The number of carbonyl (C=O) groups is 1. The maximum Gasteiger partial charge on any atom is 0.356 e. The number of nitrogens with zero attached hydrogens (tertiary/aromatic N) is 2. The van der Waals surface area contributed by atoms with Crippen LogP contribution in [0.2, 0.25) is 10.0 Å². The number of carboxylic acids is 1. The zero-order valence-corrected chi connectivity index (χ0v) is 13.7. The standard InChI is InChI=1S/C17H10Cl2N2O3/c18-9-5-6-13(12(19)7-9)21-16-10-3-1-2-4-14(10)24-8-11(16)15(20-21)17(22)23/h1-7H,8H2,(H,22,23). The summed E-state index contributed by atoms with van der Waals surface area (Å²) in [6, 6.07) is 12.4. The van der Waals surface area contributed by atoms with Gasteiger partial charge in [-0.25, -0.2) is 9.48 Å². The van der Waals surface area contributed by atoms with Crippen molar-refractivity contribution < 1.29 is 14.6 Å². The Morgan fingerprint density at radius 3 is 2.75 bits per heavy atom. The van der Waals surface area contributed by atoms with Crippen LogP contribution in [0.4, 0.5) is 0 Å². The van der Waals surface area contributed by atoms with Crippen molar-refractivity contribution in [3.63, 3.8) is 0 Å². The molecular formula is C17H10Cl2N2O3. The van der Waals surface area contributed by atoms with E-state index in [9.17, 15) is 9.90 Å². The predicted octanol–water partition coefficient (Wildman–Crippen LogP) is 4.44. The van der Waals surface area contributed by atoms with Gasteiger partial charge in [-0.1, -0.05) is 35.3 Å². The molecule has 0 aliphatic carbocycles. The monoisotopic (exact) mass is 360 g/mol. The van der Waals surface area contributed by atoms with Crippen LogP contribution in [-0.2, 0) is 6.61 Å². The Balaban J connectivity index is 2.05. The average Bonchev–Trinajstić information content (AvgIpc) is 2.95. The van der Waals surface area contributed by atoms with Gasteiger partial charge in [0, 0.05) is 10.6 Å². The molecule has 0 atom stereocenters. The van der Waals surface area contributed by atoms with Crippen molar-refractivity contribution in [3.8, 4) is 22.7 Å². The van der Waals surface area contributed by atoms with Crippen molar-refractivity contribution in [3.05, 3.63) is 63.8 Å². The second kappa shape index (κ2) is 5.54. The number of carboxylic acid groups (broad SMARTS) is 1. The number of hydrogen-bond acceptors (Lipinski definition) is 3. The highest BCUT2D eigenvalue weighted by Crippen LogP contribution is 2.41. The van der Waals surface area contributed by atoms with Crippen molar-refractivity contribution in [1.82, 2.24) is 9.78 Å². The molecular weight excluding hydrogens is 351 g/mol. The van der Waals surface area contributed by atoms with Gasteiger partial charge in [-0.2, -0.15) is 5.10 Å². The Labute approximate surface area is 147 Å². The molecule has 0 spiro atoms. The molecule has 0 bridgehead atoms. The maximum atomic E-state index is 11.6. The van der Waals surface area contributed by atoms with Gasteiger partial charge in [0.15, 0.2) is 5.69 Å². The van der Waals surface area contributed by atoms with E-state index in [1.165, 1.54) is 0 Å². The summed E-state index contributed by atoms with van der Waals surface area (Å²) in [5, 5.41) is 14.6. The summed E-state index contributed by atoms with van der Waals surface area (Å²) >= 11 is 12.3. The highest BCUT2D eigenvalue weighted by molar-refractivity contribution is 6.35. The first kappa shape index (κ1) is 15.1. The molecule has 2 heterocycles. The van der Waals surface area contributed by atoms with E-state index < -0.39 is 5.97 Å². The van der Waals surface area contributed by atoms with E-state index in [0.29, 0.717) is 32.7 Å². The van der Waals surface area contributed by atoms with Crippen LogP contribution >= 0.6 is 23.2 Å². The van der Waals surface area contributed by atoms with Gasteiger partial charge in [0.1, 0.15) is 12.4 Å². The number of fused-ring (bicyclic) bond motifs is 3. The third-order valence-corrected chi connectivity index (χ3v) is 4.38. The van der Waals surface area contributed by atoms with E-state index >= 15 is 0 Å². The van der Waals surface area contributed by atoms with Crippen molar-refractivity contribution in [2.75, 3.05) is 0 Å². The van der Waals surface area contributed by atoms with E-state index in [0.717, 1.165) is 5.56 Å². The number of benzene rings is 2. The fraction of sp³-hybridized carbons (Fsp3) is 0.0588. The minimum absolute atomic E-state index is 0.0504. The van der Waals surface area contributed by atoms with Gasteiger partial charge in [-0.15, -0.1) is 0 Å². The van der Waals surface area contributed by atoms with Gasteiger partial charge < -0.3 is 9.84 Å². The lowest BCUT2D eigenvalue weighted by molar-refractivity contribution is 0.0687. The minimum atomic E-state index is -1.11. The van der Waals surface area contributed by atoms with E-state index in [1.807, 2.05) is 24.3 Å². The Bertz CT molecular complexity index is 982. The molecule has 0 unspecified atom stereocenters. The molecule has 4 rings (SSSR count). The zero-order chi connectivity index (χ0) is 16.8. The topological polar surface area (TPSA) is 64.3 Å². The Morgan fingerprint density at radius 1 is 1.21 bits per heavy atom. The number of para-hydroxylation sites is 1. The Hall–Kier alpha value is -2.50. The molecule has 24 heavy (non-hydrogen) atoms. The Kier molecular flexibility index (Phi) is 3.48. The first-order chi connectivity index (χ1) is 11.6. The number of hydrogen-bond donors (Lipinski definition) is 1. The summed E-state index contributed by atoms with van der Waals surface area (Å²) in [4.78, 5) is 11.6. The first-order valence-corrected chi connectivity index (χ1v) is 7.84. The molecule has 0 fully saturated rings. The van der Waals surface area contributed by atoms with Crippen LogP contribution in [0.3, 0.4) is 0 Å². The minimum Gasteiger partial charge on any atom is -0.488 e. The van der Waals surface area contributed by atoms with Gasteiger partial charge in [0.25, 0.3) is 0 Å². The molecule has 1 N–H and O–H groups in total. The lowest BCUT2D eigenvalue weighted by Gasteiger charge is -2.19. The van der Waals surface area contributed by atoms with Gasteiger partial charge in [-0.3, -0.25) is 0 Å². The number of rotatable bonds is 2. The molecule has 3 aromatic rings.